The predicted octanol–water partition coefficient (Wildman–Crippen LogP) is 3.63. The molecule has 2 unspecified atom stereocenters. The maximum absolute atomic E-state index is 13.1. The van der Waals surface area contributed by atoms with Gasteiger partial charge in [-0.15, -0.1) is 0 Å². The Morgan fingerprint density at radius 1 is 1.07 bits per heavy atom. The molecule has 0 bridgehead atoms. The number of allylic oxidation sites excluding steroid dienone is 2. The summed E-state index contributed by atoms with van der Waals surface area (Å²) in [5.74, 6) is 1.20. The van der Waals surface area contributed by atoms with E-state index in [2.05, 4.69) is 12.2 Å². The van der Waals surface area contributed by atoms with Gasteiger partial charge in [0.15, 0.2) is 11.5 Å². The quantitative estimate of drug-likeness (QED) is 0.802. The molecule has 1 heterocycles. The largest absolute Gasteiger partial charge is 0.454 e. The summed E-state index contributed by atoms with van der Waals surface area (Å²) in [5.41, 5.74) is 9.42. The number of aliphatic hydroxyl groups excluding tert-OH is 1. The van der Waals surface area contributed by atoms with E-state index in [4.69, 9.17) is 15.2 Å². The molecule has 2 aromatic carbocycles. The Kier molecular flexibility index (Phi) is 5.20. The van der Waals surface area contributed by atoms with Gasteiger partial charge in [-0.25, -0.2) is 4.39 Å². The molecule has 0 radical (unpaired) electrons. The van der Waals surface area contributed by atoms with Crippen LogP contribution >= 0.6 is 0 Å². The Bertz CT molecular complexity index is 907. The van der Waals surface area contributed by atoms with Gasteiger partial charge in [0.05, 0.1) is 0 Å². The Labute approximate surface area is 164 Å². The zero-order chi connectivity index (χ0) is 19.6. The fourth-order valence-electron chi connectivity index (χ4n) is 4.09. The molecule has 0 saturated heterocycles. The highest BCUT2D eigenvalue weighted by Gasteiger charge is 2.39. The molecule has 0 fully saturated rings. The van der Waals surface area contributed by atoms with E-state index in [0.29, 0.717) is 12.2 Å². The number of rotatable bonds is 6. The van der Waals surface area contributed by atoms with Crippen molar-refractivity contribution < 1.29 is 19.0 Å². The average Bonchev–Trinajstić information content (AvgIpc) is 3.18. The first-order valence-electron chi connectivity index (χ1n) is 9.52. The van der Waals surface area contributed by atoms with Crippen LogP contribution in [0, 0.1) is 5.82 Å². The molecule has 0 spiro atoms. The minimum atomic E-state index is -0.511. The highest BCUT2D eigenvalue weighted by Crippen LogP contribution is 2.43. The molecule has 146 valence electrons. The van der Waals surface area contributed by atoms with E-state index in [1.807, 2.05) is 24.3 Å². The van der Waals surface area contributed by atoms with Crippen LogP contribution < -0.4 is 15.2 Å². The van der Waals surface area contributed by atoms with Crippen molar-refractivity contribution in [2.75, 3.05) is 13.4 Å². The van der Waals surface area contributed by atoms with Gasteiger partial charge in [0.2, 0.25) is 6.79 Å². The van der Waals surface area contributed by atoms with Gasteiger partial charge < -0.3 is 20.3 Å². The fourth-order valence-corrected chi connectivity index (χ4v) is 4.09. The van der Waals surface area contributed by atoms with Gasteiger partial charge in [0, 0.05) is 18.1 Å². The molecule has 0 saturated carbocycles. The molecule has 2 atom stereocenters. The number of ether oxygens (including phenoxy) is 2. The van der Waals surface area contributed by atoms with E-state index in [1.165, 1.54) is 12.1 Å². The van der Waals surface area contributed by atoms with E-state index in [-0.39, 0.29) is 25.3 Å². The lowest BCUT2D eigenvalue weighted by molar-refractivity contribution is 0.174. The minimum Gasteiger partial charge on any atom is -0.454 e. The second kappa shape index (κ2) is 7.78. The molecule has 2 aliphatic rings. The molecule has 3 N–H and O–H groups in total. The summed E-state index contributed by atoms with van der Waals surface area (Å²) in [6, 6.07) is 12.2. The Morgan fingerprint density at radius 2 is 1.86 bits per heavy atom. The van der Waals surface area contributed by atoms with Crippen molar-refractivity contribution in [2.24, 2.45) is 5.73 Å². The first-order chi connectivity index (χ1) is 13.6. The van der Waals surface area contributed by atoms with Crippen LogP contribution in [0.4, 0.5) is 4.39 Å². The van der Waals surface area contributed by atoms with Crippen LogP contribution in [0.1, 0.15) is 24.0 Å². The number of aryl methyl sites for hydroxylation is 1. The Morgan fingerprint density at radius 3 is 2.64 bits per heavy atom. The second-order valence-electron chi connectivity index (χ2n) is 7.29. The topological polar surface area (TPSA) is 64.7 Å². The summed E-state index contributed by atoms with van der Waals surface area (Å²) in [7, 11) is 0. The Hall–Kier alpha value is -2.63. The number of aliphatic hydroxyl groups is 1. The van der Waals surface area contributed by atoms with Crippen molar-refractivity contribution in [2.45, 2.75) is 30.7 Å². The van der Waals surface area contributed by atoms with Crippen molar-refractivity contribution in [1.82, 2.24) is 0 Å². The van der Waals surface area contributed by atoms with E-state index in [9.17, 15) is 9.50 Å². The lowest BCUT2D eigenvalue weighted by Crippen LogP contribution is -2.47. The third-order valence-electron chi connectivity index (χ3n) is 5.71. The first-order valence-corrected chi connectivity index (χ1v) is 9.52. The number of nitrogens with two attached hydrogens (primary N) is 1. The predicted molar refractivity (Wildman–Crippen MR) is 106 cm³/mol. The van der Waals surface area contributed by atoms with E-state index >= 15 is 0 Å². The first kappa shape index (κ1) is 18.7. The molecule has 4 nitrogen and oxygen atoms in total. The monoisotopic (exact) mass is 381 g/mol. The maximum atomic E-state index is 13.1. The van der Waals surface area contributed by atoms with Crippen LogP contribution in [0.3, 0.4) is 0 Å². The normalized spacial score (nSPS) is 23.0. The molecular weight excluding hydrogens is 357 g/mol. The maximum Gasteiger partial charge on any atom is 0.231 e. The summed E-state index contributed by atoms with van der Waals surface area (Å²) in [5, 5.41) is 9.78. The Balaban J connectivity index is 1.59. The third kappa shape index (κ3) is 3.43. The van der Waals surface area contributed by atoms with Gasteiger partial charge in [0.25, 0.3) is 0 Å². The molecule has 0 amide bonds. The van der Waals surface area contributed by atoms with Crippen LogP contribution in [-0.4, -0.2) is 24.5 Å². The van der Waals surface area contributed by atoms with Crippen LogP contribution in [-0.2, 0) is 11.8 Å². The number of fused-ring (bicyclic) bond motifs is 1. The molecular formula is C23H24FNO3. The van der Waals surface area contributed by atoms with Gasteiger partial charge in [-0.05, 0) is 54.7 Å². The number of benzene rings is 2. The summed E-state index contributed by atoms with van der Waals surface area (Å²) in [6.45, 7) is 0.244. The lowest BCUT2D eigenvalue weighted by atomic mass is 9.67. The van der Waals surface area contributed by atoms with Crippen molar-refractivity contribution in [3.63, 3.8) is 0 Å². The number of hydrogen-bond acceptors (Lipinski definition) is 4. The smallest absolute Gasteiger partial charge is 0.231 e. The second-order valence-corrected chi connectivity index (χ2v) is 7.29. The van der Waals surface area contributed by atoms with Gasteiger partial charge in [-0.1, -0.05) is 42.0 Å². The van der Waals surface area contributed by atoms with E-state index in [0.717, 1.165) is 35.3 Å². The van der Waals surface area contributed by atoms with Crippen LogP contribution in [0.15, 0.2) is 66.3 Å². The molecule has 2 aromatic rings. The van der Waals surface area contributed by atoms with Crippen molar-refractivity contribution in [1.29, 1.82) is 0 Å². The van der Waals surface area contributed by atoms with Crippen LogP contribution in [0.2, 0.25) is 0 Å². The summed E-state index contributed by atoms with van der Waals surface area (Å²) < 4.78 is 24.1. The van der Waals surface area contributed by atoms with Gasteiger partial charge >= 0.3 is 0 Å². The zero-order valence-corrected chi connectivity index (χ0v) is 15.6. The van der Waals surface area contributed by atoms with E-state index < -0.39 is 5.41 Å². The summed E-state index contributed by atoms with van der Waals surface area (Å²) >= 11 is 0. The SMILES string of the molecule is NC1C(CCc2ccc(F)cc2)=CC=CC1(CCO)c1ccc2c(c1)OCO2. The molecule has 1 aliphatic carbocycles. The lowest BCUT2D eigenvalue weighted by Gasteiger charge is -2.40. The van der Waals surface area contributed by atoms with Crippen molar-refractivity contribution in [3.8, 4) is 11.5 Å². The zero-order valence-electron chi connectivity index (χ0n) is 15.6. The molecule has 4 rings (SSSR count). The minimum absolute atomic E-state index is 0.0255. The average molecular weight is 381 g/mol. The molecule has 1 aliphatic heterocycles. The summed E-state index contributed by atoms with van der Waals surface area (Å²) in [4.78, 5) is 0. The molecule has 0 aromatic heterocycles. The number of hydrogen-bond donors (Lipinski definition) is 2. The van der Waals surface area contributed by atoms with Crippen LogP contribution in [0.5, 0.6) is 11.5 Å². The van der Waals surface area contributed by atoms with E-state index in [1.54, 1.807) is 12.1 Å². The third-order valence-corrected chi connectivity index (χ3v) is 5.71. The molecule has 5 heteroatoms. The standard InChI is InChI=1S/C23H24FNO3/c24-19-8-4-16(5-9-19)3-6-17-2-1-11-23(12-13-26,22(17)25)18-7-10-20-21(14-18)28-15-27-20/h1-2,4-5,7-11,14,22,26H,3,6,12-13,15,25H2. The number of halogens is 1. The van der Waals surface area contributed by atoms with Gasteiger partial charge in [-0.2, -0.15) is 0 Å². The highest BCUT2D eigenvalue weighted by atomic mass is 19.1. The van der Waals surface area contributed by atoms with Gasteiger partial charge in [-0.3, -0.25) is 0 Å². The van der Waals surface area contributed by atoms with Crippen molar-refractivity contribution >= 4 is 0 Å². The van der Waals surface area contributed by atoms with Gasteiger partial charge in [0.1, 0.15) is 5.82 Å². The summed E-state index contributed by atoms with van der Waals surface area (Å²) in [6.07, 6.45) is 8.21. The van der Waals surface area contributed by atoms with Crippen molar-refractivity contribution in [3.05, 3.63) is 83.2 Å². The van der Waals surface area contributed by atoms with Crippen LogP contribution in [0.25, 0.3) is 0 Å². The molecule has 28 heavy (non-hydrogen) atoms. The fraction of sp³-hybridized carbons (Fsp3) is 0.304. The highest BCUT2D eigenvalue weighted by molar-refractivity contribution is 5.51.